The van der Waals surface area contributed by atoms with Crippen molar-refractivity contribution >= 4 is 17.7 Å². The molecule has 1 aliphatic rings. The minimum Gasteiger partial charge on any atom is -0.384 e. The maximum atomic E-state index is 13.5. The van der Waals surface area contributed by atoms with Gasteiger partial charge in [-0.1, -0.05) is 11.8 Å². The Hall–Kier alpha value is -1.51. The second-order valence-corrected chi connectivity index (χ2v) is 7.29. The van der Waals surface area contributed by atoms with E-state index in [0.29, 0.717) is 18.7 Å². The van der Waals surface area contributed by atoms with E-state index in [0.717, 1.165) is 5.75 Å². The van der Waals surface area contributed by atoms with Gasteiger partial charge in [0.1, 0.15) is 12.4 Å². The molecule has 0 radical (unpaired) electrons. The van der Waals surface area contributed by atoms with Crippen LogP contribution in [-0.4, -0.2) is 46.1 Å². The SMILES string of the molecule is CC1(C)CN(C(=O)c2cc(F)ccc2C#CCO)CCS1. The lowest BCUT2D eigenvalue weighted by atomic mass is 10.0. The summed E-state index contributed by atoms with van der Waals surface area (Å²) >= 11 is 1.83. The fraction of sp³-hybridized carbons (Fsp3) is 0.438. The molecule has 1 aliphatic heterocycles. The number of thioether (sulfide) groups is 1. The zero-order valence-electron chi connectivity index (χ0n) is 12.1. The van der Waals surface area contributed by atoms with Gasteiger partial charge in [-0.25, -0.2) is 4.39 Å². The number of halogens is 1. The number of carbonyl (C=O) groups is 1. The van der Waals surface area contributed by atoms with Gasteiger partial charge in [-0.2, -0.15) is 11.8 Å². The topological polar surface area (TPSA) is 40.5 Å². The van der Waals surface area contributed by atoms with Crippen molar-refractivity contribution in [2.75, 3.05) is 25.4 Å². The largest absolute Gasteiger partial charge is 0.384 e. The number of rotatable bonds is 1. The van der Waals surface area contributed by atoms with Crippen molar-refractivity contribution in [3.8, 4) is 11.8 Å². The lowest BCUT2D eigenvalue weighted by Gasteiger charge is -2.37. The number of amides is 1. The number of aliphatic hydroxyl groups excluding tert-OH is 1. The Morgan fingerprint density at radius 2 is 2.29 bits per heavy atom. The molecule has 1 fully saturated rings. The summed E-state index contributed by atoms with van der Waals surface area (Å²) in [5.41, 5.74) is 0.713. The molecule has 0 unspecified atom stereocenters. The van der Waals surface area contributed by atoms with Gasteiger partial charge in [-0.05, 0) is 32.0 Å². The summed E-state index contributed by atoms with van der Waals surface area (Å²) in [7, 11) is 0. The van der Waals surface area contributed by atoms with E-state index in [-0.39, 0.29) is 22.8 Å². The third kappa shape index (κ3) is 3.99. The number of carbonyl (C=O) groups excluding carboxylic acids is 1. The Balaban J connectivity index is 2.31. The molecule has 3 nitrogen and oxygen atoms in total. The lowest BCUT2D eigenvalue weighted by Crippen LogP contribution is -2.46. The van der Waals surface area contributed by atoms with E-state index in [1.54, 1.807) is 4.90 Å². The first-order valence-electron chi connectivity index (χ1n) is 6.75. The second kappa shape index (κ2) is 6.50. The van der Waals surface area contributed by atoms with Gasteiger partial charge in [-0.3, -0.25) is 4.79 Å². The molecule has 1 saturated heterocycles. The number of nitrogens with zero attached hydrogens (tertiary/aromatic N) is 1. The molecule has 1 N–H and O–H groups in total. The summed E-state index contributed by atoms with van der Waals surface area (Å²) in [6.45, 7) is 5.17. The van der Waals surface area contributed by atoms with Crippen LogP contribution < -0.4 is 0 Å². The fourth-order valence-electron chi connectivity index (χ4n) is 2.30. The minimum atomic E-state index is -0.460. The number of aliphatic hydroxyl groups is 1. The van der Waals surface area contributed by atoms with E-state index in [4.69, 9.17) is 5.11 Å². The van der Waals surface area contributed by atoms with Gasteiger partial charge < -0.3 is 10.0 Å². The van der Waals surface area contributed by atoms with Crippen LogP contribution >= 0.6 is 11.8 Å². The van der Waals surface area contributed by atoms with E-state index in [2.05, 4.69) is 25.7 Å². The van der Waals surface area contributed by atoms with Crippen molar-refractivity contribution in [1.82, 2.24) is 4.90 Å². The molecule has 21 heavy (non-hydrogen) atoms. The normalized spacial score (nSPS) is 17.0. The van der Waals surface area contributed by atoms with Crippen LogP contribution in [0.1, 0.15) is 29.8 Å². The number of hydrogen-bond acceptors (Lipinski definition) is 3. The molecule has 2 rings (SSSR count). The lowest BCUT2D eigenvalue weighted by molar-refractivity contribution is 0.0747. The molecule has 0 saturated carbocycles. The van der Waals surface area contributed by atoms with Gasteiger partial charge in [0, 0.05) is 29.2 Å². The average molecular weight is 307 g/mol. The van der Waals surface area contributed by atoms with Crippen molar-refractivity contribution in [3.63, 3.8) is 0 Å². The summed E-state index contributed by atoms with van der Waals surface area (Å²) in [6.07, 6.45) is 0. The maximum absolute atomic E-state index is 13.5. The minimum absolute atomic E-state index is 0.00181. The van der Waals surface area contributed by atoms with Gasteiger partial charge in [0.25, 0.3) is 5.91 Å². The molecule has 0 spiro atoms. The molecule has 1 aromatic carbocycles. The molecule has 0 atom stereocenters. The summed E-state index contributed by atoms with van der Waals surface area (Å²) in [6, 6.07) is 3.97. The predicted octanol–water partition coefficient (Wildman–Crippen LogP) is 2.14. The molecule has 0 aliphatic carbocycles. The van der Waals surface area contributed by atoms with Crippen LogP contribution in [0.5, 0.6) is 0 Å². The summed E-state index contributed by atoms with van der Waals surface area (Å²) in [5, 5.41) is 8.78. The highest BCUT2D eigenvalue weighted by molar-refractivity contribution is 8.00. The summed E-state index contributed by atoms with van der Waals surface area (Å²) in [5.74, 6) is 5.42. The highest BCUT2D eigenvalue weighted by atomic mass is 32.2. The first kappa shape index (κ1) is 15.9. The maximum Gasteiger partial charge on any atom is 0.255 e. The Morgan fingerprint density at radius 1 is 1.52 bits per heavy atom. The third-order valence-electron chi connectivity index (χ3n) is 3.23. The number of hydrogen-bond donors (Lipinski definition) is 1. The number of benzene rings is 1. The van der Waals surface area contributed by atoms with Gasteiger partial charge in [0.2, 0.25) is 0 Å². The van der Waals surface area contributed by atoms with Crippen molar-refractivity contribution in [2.24, 2.45) is 0 Å². The van der Waals surface area contributed by atoms with Crippen LogP contribution in [0.3, 0.4) is 0 Å². The van der Waals surface area contributed by atoms with Crippen LogP contribution in [-0.2, 0) is 0 Å². The predicted molar refractivity (Wildman–Crippen MR) is 82.8 cm³/mol. The van der Waals surface area contributed by atoms with Gasteiger partial charge in [-0.15, -0.1) is 0 Å². The van der Waals surface area contributed by atoms with Crippen LogP contribution in [0, 0.1) is 17.7 Å². The van der Waals surface area contributed by atoms with Crippen molar-refractivity contribution < 1.29 is 14.3 Å². The Labute approximate surface area is 128 Å². The van der Waals surface area contributed by atoms with E-state index in [1.807, 2.05) is 11.8 Å². The van der Waals surface area contributed by atoms with Crippen LogP contribution in [0.2, 0.25) is 0 Å². The molecular formula is C16H18FNO2S. The molecule has 5 heteroatoms. The molecule has 0 bridgehead atoms. The first-order chi connectivity index (χ1) is 9.93. The zero-order chi connectivity index (χ0) is 15.5. The molecule has 1 amide bonds. The van der Waals surface area contributed by atoms with E-state index < -0.39 is 5.82 Å². The van der Waals surface area contributed by atoms with Crippen molar-refractivity contribution in [1.29, 1.82) is 0 Å². The summed E-state index contributed by atoms with van der Waals surface area (Å²) in [4.78, 5) is 14.4. The summed E-state index contributed by atoms with van der Waals surface area (Å²) < 4.78 is 13.5. The molecular weight excluding hydrogens is 289 g/mol. The van der Waals surface area contributed by atoms with E-state index in [9.17, 15) is 9.18 Å². The quantitative estimate of drug-likeness (QED) is 0.808. The Kier molecular flexibility index (Phi) is 4.92. The Bertz CT molecular complexity index is 604. The Morgan fingerprint density at radius 3 is 2.95 bits per heavy atom. The first-order valence-corrected chi connectivity index (χ1v) is 7.74. The van der Waals surface area contributed by atoms with Gasteiger partial charge in [0.05, 0.1) is 5.56 Å². The van der Waals surface area contributed by atoms with E-state index in [1.165, 1.54) is 18.2 Å². The molecule has 112 valence electrons. The average Bonchev–Trinajstić information content (AvgIpc) is 2.44. The van der Waals surface area contributed by atoms with Crippen LogP contribution in [0.15, 0.2) is 18.2 Å². The highest BCUT2D eigenvalue weighted by Crippen LogP contribution is 2.30. The van der Waals surface area contributed by atoms with Crippen LogP contribution in [0.4, 0.5) is 4.39 Å². The monoisotopic (exact) mass is 307 g/mol. The third-order valence-corrected chi connectivity index (χ3v) is 4.52. The standard InChI is InChI=1S/C16H18FNO2S/c1-16(2)11-18(7-9-21-16)15(20)14-10-13(17)6-5-12(14)4-3-8-19/h5-6,10,19H,7-9,11H2,1-2H3. The van der Waals surface area contributed by atoms with E-state index >= 15 is 0 Å². The highest BCUT2D eigenvalue weighted by Gasteiger charge is 2.31. The smallest absolute Gasteiger partial charge is 0.255 e. The van der Waals surface area contributed by atoms with Crippen molar-refractivity contribution in [3.05, 3.63) is 35.1 Å². The fourth-order valence-corrected chi connectivity index (χ4v) is 3.41. The van der Waals surface area contributed by atoms with Gasteiger partial charge >= 0.3 is 0 Å². The van der Waals surface area contributed by atoms with Gasteiger partial charge in [0.15, 0.2) is 0 Å². The molecule has 1 heterocycles. The van der Waals surface area contributed by atoms with Crippen molar-refractivity contribution in [2.45, 2.75) is 18.6 Å². The molecule has 0 aromatic heterocycles. The second-order valence-electron chi connectivity index (χ2n) is 5.48. The van der Waals surface area contributed by atoms with Crippen LogP contribution in [0.25, 0.3) is 0 Å². The molecule has 1 aromatic rings. The zero-order valence-corrected chi connectivity index (χ0v) is 13.0.